The summed E-state index contributed by atoms with van der Waals surface area (Å²) in [5.41, 5.74) is 3.43. The van der Waals surface area contributed by atoms with Crippen LogP contribution in [0.5, 0.6) is 0 Å². The highest BCUT2D eigenvalue weighted by Gasteiger charge is 2.23. The zero-order valence-electron chi connectivity index (χ0n) is 15.6. The third-order valence-corrected chi connectivity index (χ3v) is 5.40. The molecule has 2 N–H and O–H groups in total. The molecule has 6 heteroatoms. The van der Waals surface area contributed by atoms with E-state index in [2.05, 4.69) is 44.7 Å². The van der Waals surface area contributed by atoms with Crippen molar-refractivity contribution < 1.29 is 4.79 Å². The first-order chi connectivity index (χ1) is 13.7. The number of piperidine rings is 1. The average molecular weight is 395 g/mol. The fourth-order valence-electron chi connectivity index (χ4n) is 3.66. The minimum atomic E-state index is -0.0924. The van der Waals surface area contributed by atoms with Crippen LogP contribution in [-0.4, -0.2) is 40.1 Å². The van der Waals surface area contributed by atoms with Gasteiger partial charge in [0.1, 0.15) is 0 Å². The number of amides is 1. The molecular weight excluding hydrogens is 372 g/mol. The monoisotopic (exact) mass is 394 g/mol. The molecule has 1 amide bonds. The summed E-state index contributed by atoms with van der Waals surface area (Å²) >= 11 is 6.08. The standard InChI is InChI=1S/C22H23ClN4O/c23-18-8-4-7-17(13-18)21-20(14-24-26-21)22(28)25-19-9-11-27(12-10-19)15-16-5-2-1-3-6-16/h1-8,13-14,19H,9-12,15H2,(H,24,26)(H,25,28). The summed E-state index contributed by atoms with van der Waals surface area (Å²) in [5.74, 6) is -0.0924. The van der Waals surface area contributed by atoms with E-state index in [-0.39, 0.29) is 11.9 Å². The first-order valence-corrected chi connectivity index (χ1v) is 9.93. The molecule has 2 heterocycles. The van der Waals surface area contributed by atoms with Crippen LogP contribution >= 0.6 is 11.6 Å². The second-order valence-corrected chi connectivity index (χ2v) is 7.61. The molecule has 0 atom stereocenters. The fourth-order valence-corrected chi connectivity index (χ4v) is 3.85. The van der Waals surface area contributed by atoms with Crippen molar-refractivity contribution >= 4 is 17.5 Å². The molecule has 28 heavy (non-hydrogen) atoms. The molecule has 0 unspecified atom stereocenters. The number of hydrogen-bond donors (Lipinski definition) is 2. The second-order valence-electron chi connectivity index (χ2n) is 7.18. The highest BCUT2D eigenvalue weighted by Crippen LogP contribution is 2.24. The van der Waals surface area contributed by atoms with E-state index in [0.717, 1.165) is 38.0 Å². The highest BCUT2D eigenvalue weighted by molar-refractivity contribution is 6.30. The molecule has 3 aromatic rings. The molecule has 1 saturated heterocycles. The number of rotatable bonds is 5. The molecule has 2 aromatic carbocycles. The Morgan fingerprint density at radius 3 is 2.68 bits per heavy atom. The number of aromatic nitrogens is 2. The van der Waals surface area contributed by atoms with Gasteiger partial charge in [0.25, 0.3) is 5.91 Å². The predicted octanol–water partition coefficient (Wildman–Crippen LogP) is 4.12. The quantitative estimate of drug-likeness (QED) is 0.684. The molecule has 0 bridgehead atoms. The van der Waals surface area contributed by atoms with Gasteiger partial charge >= 0.3 is 0 Å². The second kappa shape index (κ2) is 8.59. The maximum atomic E-state index is 12.8. The molecule has 1 aliphatic rings. The molecule has 4 rings (SSSR count). The number of likely N-dealkylation sites (tertiary alicyclic amines) is 1. The highest BCUT2D eigenvalue weighted by atomic mass is 35.5. The van der Waals surface area contributed by atoms with Gasteiger partial charge < -0.3 is 5.32 Å². The Bertz CT molecular complexity index is 932. The number of benzene rings is 2. The summed E-state index contributed by atoms with van der Waals surface area (Å²) in [7, 11) is 0. The smallest absolute Gasteiger partial charge is 0.255 e. The minimum absolute atomic E-state index is 0.0924. The van der Waals surface area contributed by atoms with Crippen LogP contribution in [0.4, 0.5) is 0 Å². The van der Waals surface area contributed by atoms with Gasteiger partial charge in [0, 0.05) is 36.3 Å². The normalized spacial score (nSPS) is 15.5. The number of nitrogens with one attached hydrogen (secondary N) is 2. The van der Waals surface area contributed by atoms with Crippen LogP contribution in [-0.2, 0) is 6.54 Å². The van der Waals surface area contributed by atoms with Gasteiger partial charge in [-0.1, -0.05) is 54.1 Å². The largest absolute Gasteiger partial charge is 0.349 e. The van der Waals surface area contributed by atoms with E-state index in [9.17, 15) is 4.79 Å². The minimum Gasteiger partial charge on any atom is -0.349 e. The number of nitrogens with zero attached hydrogens (tertiary/aromatic N) is 2. The van der Waals surface area contributed by atoms with Crippen molar-refractivity contribution in [2.75, 3.05) is 13.1 Å². The van der Waals surface area contributed by atoms with Gasteiger partial charge in [-0.25, -0.2) is 0 Å². The molecule has 0 spiro atoms. The Hall–Kier alpha value is -2.63. The lowest BCUT2D eigenvalue weighted by Crippen LogP contribution is -2.44. The van der Waals surface area contributed by atoms with Crippen LogP contribution in [0.15, 0.2) is 60.8 Å². The van der Waals surface area contributed by atoms with Crippen LogP contribution in [0.3, 0.4) is 0 Å². The number of halogens is 1. The SMILES string of the molecule is O=C(NC1CCN(Cc2ccccc2)CC1)c1cn[nH]c1-c1cccc(Cl)c1. The molecular formula is C22H23ClN4O. The van der Waals surface area contributed by atoms with E-state index in [1.807, 2.05) is 30.3 Å². The molecule has 1 fully saturated rings. The van der Waals surface area contributed by atoms with E-state index in [1.165, 1.54) is 5.56 Å². The summed E-state index contributed by atoms with van der Waals surface area (Å²) in [6.07, 6.45) is 3.47. The van der Waals surface area contributed by atoms with E-state index in [0.29, 0.717) is 16.3 Å². The maximum absolute atomic E-state index is 12.8. The first kappa shape index (κ1) is 18.7. The topological polar surface area (TPSA) is 61.0 Å². The molecule has 0 aliphatic carbocycles. The van der Waals surface area contributed by atoms with E-state index in [4.69, 9.17) is 11.6 Å². The molecule has 5 nitrogen and oxygen atoms in total. The zero-order chi connectivity index (χ0) is 19.3. The van der Waals surface area contributed by atoms with Crippen LogP contribution in [0.1, 0.15) is 28.8 Å². The van der Waals surface area contributed by atoms with Gasteiger partial charge in [-0.15, -0.1) is 0 Å². The molecule has 1 aliphatic heterocycles. The number of hydrogen-bond acceptors (Lipinski definition) is 3. The van der Waals surface area contributed by atoms with Crippen molar-refractivity contribution in [3.8, 4) is 11.3 Å². The van der Waals surface area contributed by atoms with Crippen molar-refractivity contribution in [3.05, 3.63) is 76.9 Å². The summed E-state index contributed by atoms with van der Waals surface area (Å²) in [4.78, 5) is 15.2. The molecule has 1 aromatic heterocycles. The third-order valence-electron chi connectivity index (χ3n) is 5.17. The van der Waals surface area contributed by atoms with Crippen LogP contribution in [0.2, 0.25) is 5.02 Å². The van der Waals surface area contributed by atoms with E-state index >= 15 is 0 Å². The van der Waals surface area contributed by atoms with Gasteiger partial charge in [0.15, 0.2) is 0 Å². The maximum Gasteiger partial charge on any atom is 0.255 e. The summed E-state index contributed by atoms with van der Waals surface area (Å²) < 4.78 is 0. The lowest BCUT2D eigenvalue weighted by Gasteiger charge is -2.32. The first-order valence-electron chi connectivity index (χ1n) is 9.55. The summed E-state index contributed by atoms with van der Waals surface area (Å²) in [6.45, 7) is 2.92. The lowest BCUT2D eigenvalue weighted by molar-refractivity contribution is 0.0909. The molecule has 144 valence electrons. The zero-order valence-corrected chi connectivity index (χ0v) is 16.3. The van der Waals surface area contributed by atoms with Gasteiger partial charge in [-0.05, 0) is 30.5 Å². The van der Waals surface area contributed by atoms with E-state index in [1.54, 1.807) is 6.20 Å². The van der Waals surface area contributed by atoms with Crippen molar-refractivity contribution in [2.24, 2.45) is 0 Å². The number of aromatic amines is 1. The lowest BCUT2D eigenvalue weighted by atomic mass is 10.0. The van der Waals surface area contributed by atoms with E-state index < -0.39 is 0 Å². The Balaban J connectivity index is 1.35. The van der Waals surface area contributed by atoms with Crippen molar-refractivity contribution in [1.82, 2.24) is 20.4 Å². The van der Waals surface area contributed by atoms with Gasteiger partial charge in [0.05, 0.1) is 17.5 Å². The Morgan fingerprint density at radius 2 is 1.93 bits per heavy atom. The van der Waals surface area contributed by atoms with Gasteiger partial charge in [-0.2, -0.15) is 5.10 Å². The molecule has 0 radical (unpaired) electrons. The average Bonchev–Trinajstić information content (AvgIpc) is 3.20. The number of carbonyl (C=O) groups excluding carboxylic acids is 1. The van der Waals surface area contributed by atoms with Crippen LogP contribution in [0, 0.1) is 0 Å². The fraction of sp³-hybridized carbons (Fsp3) is 0.273. The number of H-pyrrole nitrogens is 1. The summed E-state index contributed by atoms with van der Waals surface area (Å²) in [6, 6.07) is 18.1. The predicted molar refractivity (Wildman–Crippen MR) is 111 cm³/mol. The Labute approximate surface area is 169 Å². The van der Waals surface area contributed by atoms with Crippen molar-refractivity contribution in [1.29, 1.82) is 0 Å². The Morgan fingerprint density at radius 1 is 1.14 bits per heavy atom. The van der Waals surface area contributed by atoms with Gasteiger partial charge in [-0.3, -0.25) is 14.8 Å². The van der Waals surface area contributed by atoms with Crippen LogP contribution < -0.4 is 5.32 Å². The summed E-state index contributed by atoms with van der Waals surface area (Å²) in [5, 5.41) is 10.8. The van der Waals surface area contributed by atoms with Crippen LogP contribution in [0.25, 0.3) is 11.3 Å². The van der Waals surface area contributed by atoms with Gasteiger partial charge in [0.2, 0.25) is 0 Å². The van der Waals surface area contributed by atoms with Crippen molar-refractivity contribution in [3.63, 3.8) is 0 Å². The van der Waals surface area contributed by atoms with Crippen molar-refractivity contribution in [2.45, 2.75) is 25.4 Å². The number of carbonyl (C=O) groups is 1. The molecule has 0 saturated carbocycles. The Kier molecular flexibility index (Phi) is 5.74. The third kappa shape index (κ3) is 4.43.